The van der Waals surface area contributed by atoms with E-state index in [1.807, 2.05) is 29.8 Å². The van der Waals surface area contributed by atoms with Crippen LogP contribution < -0.4 is 9.64 Å². The Labute approximate surface area is 192 Å². The van der Waals surface area contributed by atoms with E-state index in [1.165, 1.54) is 17.2 Å². The molecule has 168 valence electrons. The molecule has 4 heterocycles. The van der Waals surface area contributed by atoms with Crippen LogP contribution in [0.5, 0.6) is 5.88 Å². The van der Waals surface area contributed by atoms with Gasteiger partial charge in [0, 0.05) is 30.9 Å². The van der Waals surface area contributed by atoms with Crippen molar-refractivity contribution < 1.29 is 9.13 Å². The van der Waals surface area contributed by atoms with E-state index >= 15 is 0 Å². The summed E-state index contributed by atoms with van der Waals surface area (Å²) in [6.07, 6.45) is 8.10. The Balaban J connectivity index is 1.29. The summed E-state index contributed by atoms with van der Waals surface area (Å²) in [6, 6.07) is 10.9. The highest BCUT2D eigenvalue weighted by Crippen LogP contribution is 2.46. The molecule has 1 spiro atoms. The molecule has 3 aromatic heterocycles. The fraction of sp³-hybridized carbons (Fsp3) is 0.346. The van der Waals surface area contributed by atoms with E-state index < -0.39 is 0 Å². The lowest BCUT2D eigenvalue weighted by Crippen LogP contribution is -2.41. The van der Waals surface area contributed by atoms with Crippen molar-refractivity contribution in [3.05, 3.63) is 71.4 Å². The highest BCUT2D eigenvalue weighted by molar-refractivity contribution is 5.75. The number of hydrogen-bond acceptors (Lipinski definition) is 5. The number of pyridine rings is 1. The Morgan fingerprint density at radius 1 is 1.06 bits per heavy atom. The van der Waals surface area contributed by atoms with Gasteiger partial charge in [-0.05, 0) is 67.3 Å². The highest BCUT2D eigenvalue weighted by atomic mass is 19.1. The first-order valence-corrected chi connectivity index (χ1v) is 11.4. The van der Waals surface area contributed by atoms with Gasteiger partial charge in [0.25, 0.3) is 0 Å². The molecule has 6 nitrogen and oxygen atoms in total. The molecule has 0 atom stereocenters. The fourth-order valence-electron chi connectivity index (χ4n) is 5.62. The Morgan fingerprint density at radius 3 is 2.64 bits per heavy atom. The van der Waals surface area contributed by atoms with Gasteiger partial charge in [0.1, 0.15) is 11.3 Å². The molecular weight excluding hydrogens is 417 g/mol. The topological polar surface area (TPSA) is 55.5 Å². The largest absolute Gasteiger partial charge is 0.481 e. The van der Waals surface area contributed by atoms with Crippen LogP contribution in [0.2, 0.25) is 0 Å². The molecule has 7 heteroatoms. The lowest BCUT2D eigenvalue weighted by molar-refractivity contribution is 0.232. The van der Waals surface area contributed by atoms with Crippen molar-refractivity contribution in [3.8, 4) is 17.1 Å². The van der Waals surface area contributed by atoms with Gasteiger partial charge in [0.2, 0.25) is 5.88 Å². The number of aromatic nitrogens is 4. The first kappa shape index (κ1) is 20.1. The first-order valence-electron chi connectivity index (χ1n) is 11.4. The summed E-state index contributed by atoms with van der Waals surface area (Å²) in [5.74, 6) is 1.36. The Morgan fingerprint density at radius 2 is 1.85 bits per heavy atom. The summed E-state index contributed by atoms with van der Waals surface area (Å²) >= 11 is 0. The highest BCUT2D eigenvalue weighted by Gasteiger charge is 2.40. The van der Waals surface area contributed by atoms with Gasteiger partial charge in [-0.25, -0.2) is 18.9 Å². The van der Waals surface area contributed by atoms with E-state index in [-0.39, 0.29) is 11.2 Å². The number of benzene rings is 1. The summed E-state index contributed by atoms with van der Waals surface area (Å²) in [6.45, 7) is 3.81. The van der Waals surface area contributed by atoms with E-state index in [0.29, 0.717) is 17.1 Å². The number of hydrogen-bond donors (Lipinski definition) is 0. The van der Waals surface area contributed by atoms with Gasteiger partial charge in [0.15, 0.2) is 5.82 Å². The monoisotopic (exact) mass is 443 g/mol. The zero-order chi connectivity index (χ0) is 22.6. The van der Waals surface area contributed by atoms with Crippen LogP contribution in [-0.2, 0) is 12.8 Å². The molecule has 0 N–H and O–H groups in total. The lowest BCUT2D eigenvalue weighted by Gasteiger charge is -2.40. The van der Waals surface area contributed by atoms with E-state index in [4.69, 9.17) is 9.72 Å². The normalized spacial score (nSPS) is 17.0. The van der Waals surface area contributed by atoms with E-state index in [1.54, 1.807) is 25.4 Å². The molecule has 4 aromatic rings. The van der Waals surface area contributed by atoms with Crippen LogP contribution in [-0.4, -0.2) is 39.8 Å². The number of aryl methyl sites for hydroxylation is 1. The van der Waals surface area contributed by atoms with Gasteiger partial charge in [-0.2, -0.15) is 5.10 Å². The van der Waals surface area contributed by atoms with Crippen molar-refractivity contribution in [1.29, 1.82) is 0 Å². The average Bonchev–Trinajstić information content (AvgIpc) is 3.44. The standard InChI is InChI=1S/C26H26FN5O/c1-17-24(20-5-3-4-6-21(20)27)32-22(7-10-29-32)25(30-17)31-11-8-26(9-12-31)14-18-13-23(33-2)28-16-19(18)15-26/h3-7,10,13,16H,8-9,11-12,14-15H2,1-2H3. The molecule has 33 heavy (non-hydrogen) atoms. The molecular formula is C26H26FN5O. The van der Waals surface area contributed by atoms with Crippen molar-refractivity contribution in [2.24, 2.45) is 5.41 Å². The van der Waals surface area contributed by atoms with Crippen LogP contribution >= 0.6 is 0 Å². The van der Waals surface area contributed by atoms with Crippen LogP contribution in [0.1, 0.15) is 29.7 Å². The van der Waals surface area contributed by atoms with Crippen molar-refractivity contribution in [3.63, 3.8) is 0 Å². The molecule has 1 aromatic carbocycles. The quantitative estimate of drug-likeness (QED) is 0.462. The third-order valence-electron chi connectivity index (χ3n) is 7.35. The van der Waals surface area contributed by atoms with Gasteiger partial charge in [0.05, 0.1) is 24.7 Å². The number of anilines is 1. The predicted molar refractivity (Wildman–Crippen MR) is 125 cm³/mol. The SMILES string of the molecule is COc1cc2c(cn1)CC1(CCN(c3nc(C)c(-c4ccccc4F)n4nccc34)CC1)C2. The average molecular weight is 444 g/mol. The zero-order valence-corrected chi connectivity index (χ0v) is 18.9. The summed E-state index contributed by atoms with van der Waals surface area (Å²) in [4.78, 5) is 11.7. The maximum absolute atomic E-state index is 14.6. The molecule has 1 aliphatic carbocycles. The summed E-state index contributed by atoms with van der Waals surface area (Å²) in [5, 5.41) is 4.53. The third kappa shape index (κ3) is 3.25. The van der Waals surface area contributed by atoms with Gasteiger partial charge < -0.3 is 9.64 Å². The Kier molecular flexibility index (Phi) is 4.60. The molecule has 0 unspecified atom stereocenters. The maximum Gasteiger partial charge on any atom is 0.213 e. The molecule has 0 saturated carbocycles. The van der Waals surface area contributed by atoms with E-state index in [9.17, 15) is 4.39 Å². The van der Waals surface area contributed by atoms with E-state index in [0.717, 1.165) is 55.8 Å². The number of piperidine rings is 1. The first-order chi connectivity index (χ1) is 16.1. The molecule has 2 aliphatic rings. The maximum atomic E-state index is 14.6. The summed E-state index contributed by atoms with van der Waals surface area (Å²) in [7, 11) is 1.67. The van der Waals surface area contributed by atoms with Crippen molar-refractivity contribution in [2.45, 2.75) is 32.6 Å². The second kappa shape index (κ2) is 7.54. The van der Waals surface area contributed by atoms with Gasteiger partial charge in [-0.1, -0.05) is 12.1 Å². The third-order valence-corrected chi connectivity index (χ3v) is 7.35. The van der Waals surface area contributed by atoms with E-state index in [2.05, 4.69) is 21.0 Å². The Hall–Kier alpha value is -3.48. The zero-order valence-electron chi connectivity index (χ0n) is 18.9. The molecule has 0 bridgehead atoms. The van der Waals surface area contributed by atoms with Gasteiger partial charge in [-0.3, -0.25) is 0 Å². The number of ether oxygens (including phenoxy) is 1. The Bertz CT molecular complexity index is 1360. The predicted octanol–water partition coefficient (Wildman–Crippen LogP) is 4.63. The summed E-state index contributed by atoms with van der Waals surface area (Å²) < 4.78 is 21.7. The minimum Gasteiger partial charge on any atom is -0.481 e. The second-order valence-corrected chi connectivity index (χ2v) is 9.31. The molecule has 1 aliphatic heterocycles. The molecule has 0 radical (unpaired) electrons. The minimum atomic E-state index is -0.265. The molecule has 0 amide bonds. The van der Waals surface area contributed by atoms with Crippen LogP contribution in [0.15, 0.2) is 48.8 Å². The number of fused-ring (bicyclic) bond motifs is 2. The molecule has 1 fully saturated rings. The van der Waals surface area contributed by atoms with Gasteiger partial charge in [-0.15, -0.1) is 0 Å². The smallest absolute Gasteiger partial charge is 0.213 e. The minimum absolute atomic E-state index is 0.265. The van der Waals surface area contributed by atoms with Crippen LogP contribution in [0.3, 0.4) is 0 Å². The summed E-state index contributed by atoms with van der Waals surface area (Å²) in [5.41, 5.74) is 5.93. The number of nitrogens with zero attached hydrogens (tertiary/aromatic N) is 5. The van der Waals surface area contributed by atoms with Crippen LogP contribution in [0.4, 0.5) is 10.2 Å². The van der Waals surface area contributed by atoms with Crippen LogP contribution in [0.25, 0.3) is 16.8 Å². The molecule has 6 rings (SSSR count). The van der Waals surface area contributed by atoms with Crippen molar-refractivity contribution in [2.75, 3.05) is 25.1 Å². The second-order valence-electron chi connectivity index (χ2n) is 9.31. The number of methoxy groups -OCH3 is 1. The fourth-order valence-corrected chi connectivity index (χ4v) is 5.62. The molecule has 1 saturated heterocycles. The van der Waals surface area contributed by atoms with Crippen molar-refractivity contribution >= 4 is 11.3 Å². The lowest BCUT2D eigenvalue weighted by atomic mass is 9.76. The van der Waals surface area contributed by atoms with Crippen LogP contribution in [0, 0.1) is 18.2 Å². The van der Waals surface area contributed by atoms with Gasteiger partial charge >= 0.3 is 0 Å². The number of rotatable bonds is 3. The number of halogens is 1. The van der Waals surface area contributed by atoms with Crippen molar-refractivity contribution in [1.82, 2.24) is 19.6 Å².